The highest BCUT2D eigenvalue weighted by Gasteiger charge is 2.19. The van der Waals surface area contributed by atoms with Gasteiger partial charge in [-0.1, -0.05) is 146 Å². The van der Waals surface area contributed by atoms with Gasteiger partial charge < -0.3 is 9.88 Å². The van der Waals surface area contributed by atoms with Crippen LogP contribution in [-0.2, 0) is 6.42 Å². The summed E-state index contributed by atoms with van der Waals surface area (Å²) >= 11 is 0. The Morgan fingerprint density at radius 1 is 0.429 bits per heavy atom. The molecule has 0 fully saturated rings. The average Bonchev–Trinajstić information content (AvgIpc) is 3.65. The molecule has 2 heterocycles. The second-order valence-electron chi connectivity index (χ2n) is 14.2. The molecule has 4 nitrogen and oxygen atoms in total. The van der Waals surface area contributed by atoms with Crippen molar-refractivity contribution in [3.05, 3.63) is 200 Å². The van der Waals surface area contributed by atoms with Crippen LogP contribution in [-0.4, -0.2) is 15.0 Å². The number of benzene rings is 8. The number of nitrogens with zero attached hydrogens (tertiary/aromatic N) is 3. The Labute approximate surface area is 326 Å². The molecule has 0 unspecified atom stereocenters. The van der Waals surface area contributed by atoms with Crippen molar-refractivity contribution in [2.45, 2.75) is 13.3 Å². The van der Waals surface area contributed by atoms with Crippen molar-refractivity contribution >= 4 is 49.9 Å². The van der Waals surface area contributed by atoms with Crippen LogP contribution in [0.25, 0.3) is 77.6 Å². The summed E-state index contributed by atoms with van der Waals surface area (Å²) in [6.07, 6.45) is 0.982. The summed E-state index contributed by atoms with van der Waals surface area (Å²) < 4.78 is 0. The number of fused-ring (bicyclic) bond motifs is 4. The second-order valence-corrected chi connectivity index (χ2v) is 14.2. The monoisotopic (exact) mass is 718 g/mol. The molecule has 0 saturated carbocycles. The van der Waals surface area contributed by atoms with Gasteiger partial charge in [-0.15, -0.1) is 0 Å². The highest BCUT2D eigenvalue weighted by Crippen LogP contribution is 2.40. The van der Waals surface area contributed by atoms with Crippen molar-refractivity contribution in [2.75, 3.05) is 4.90 Å². The Hall–Kier alpha value is -7.30. The van der Waals surface area contributed by atoms with Gasteiger partial charge in [-0.3, -0.25) is 0 Å². The quantitative estimate of drug-likeness (QED) is 0.170. The highest BCUT2D eigenvalue weighted by atomic mass is 15.1. The maximum atomic E-state index is 5.49. The first kappa shape index (κ1) is 33.3. The number of aryl methyl sites for hydroxylation is 1. The molecule has 0 saturated heterocycles. The molecular formula is C52H38N4. The topological polar surface area (TPSA) is 44.8 Å². The van der Waals surface area contributed by atoms with Crippen LogP contribution >= 0.6 is 0 Å². The lowest BCUT2D eigenvalue weighted by Crippen LogP contribution is -2.09. The van der Waals surface area contributed by atoms with Crippen molar-refractivity contribution in [2.24, 2.45) is 0 Å². The fourth-order valence-corrected chi connectivity index (χ4v) is 7.85. The number of rotatable bonds is 8. The van der Waals surface area contributed by atoms with Gasteiger partial charge in [0, 0.05) is 55.6 Å². The smallest absolute Gasteiger partial charge is 0.0973 e. The normalized spacial score (nSPS) is 11.4. The minimum absolute atomic E-state index is 0.855. The van der Waals surface area contributed by atoms with E-state index in [1.165, 1.54) is 27.5 Å². The van der Waals surface area contributed by atoms with E-state index in [0.29, 0.717) is 0 Å². The number of anilines is 3. The summed E-state index contributed by atoms with van der Waals surface area (Å²) in [5.41, 5.74) is 16.9. The fourth-order valence-electron chi connectivity index (χ4n) is 7.85. The van der Waals surface area contributed by atoms with Crippen LogP contribution in [0.15, 0.2) is 194 Å². The van der Waals surface area contributed by atoms with E-state index in [1.54, 1.807) is 0 Å². The molecule has 0 aliphatic heterocycles. The Bertz CT molecular complexity index is 2970. The molecule has 0 radical (unpaired) electrons. The third-order valence-corrected chi connectivity index (χ3v) is 10.8. The van der Waals surface area contributed by atoms with Gasteiger partial charge in [-0.05, 0) is 83.3 Å². The van der Waals surface area contributed by atoms with E-state index < -0.39 is 0 Å². The van der Waals surface area contributed by atoms with Gasteiger partial charge in [-0.2, -0.15) is 0 Å². The minimum atomic E-state index is 0.855. The van der Waals surface area contributed by atoms with E-state index in [2.05, 4.69) is 211 Å². The molecule has 10 aromatic rings. The van der Waals surface area contributed by atoms with E-state index in [9.17, 15) is 0 Å². The average molecular weight is 719 g/mol. The van der Waals surface area contributed by atoms with Crippen LogP contribution in [0.3, 0.4) is 0 Å². The molecule has 56 heavy (non-hydrogen) atoms. The van der Waals surface area contributed by atoms with Gasteiger partial charge in [-0.25, -0.2) is 9.97 Å². The first-order valence-corrected chi connectivity index (χ1v) is 19.2. The number of aromatic nitrogens is 3. The molecule has 4 heteroatoms. The van der Waals surface area contributed by atoms with Gasteiger partial charge in [0.1, 0.15) is 0 Å². The van der Waals surface area contributed by atoms with Crippen molar-refractivity contribution < 1.29 is 0 Å². The fraction of sp³-hybridized carbons (Fsp3) is 0.0385. The van der Waals surface area contributed by atoms with Gasteiger partial charge in [0.25, 0.3) is 0 Å². The van der Waals surface area contributed by atoms with E-state index >= 15 is 0 Å². The zero-order valence-electron chi connectivity index (χ0n) is 31.0. The molecule has 0 bridgehead atoms. The number of nitrogens with one attached hydrogen (secondary N) is 1. The zero-order chi connectivity index (χ0) is 37.4. The van der Waals surface area contributed by atoms with Crippen LogP contribution in [0.5, 0.6) is 0 Å². The maximum absolute atomic E-state index is 5.49. The van der Waals surface area contributed by atoms with Crippen molar-refractivity contribution in [1.29, 1.82) is 0 Å². The van der Waals surface area contributed by atoms with E-state index in [1.807, 2.05) is 0 Å². The Kier molecular flexibility index (Phi) is 8.42. The summed E-state index contributed by atoms with van der Waals surface area (Å²) in [7, 11) is 0. The summed E-state index contributed by atoms with van der Waals surface area (Å²) in [5.74, 6) is 0. The molecule has 8 aromatic carbocycles. The van der Waals surface area contributed by atoms with Crippen LogP contribution < -0.4 is 4.90 Å². The number of hydrogen-bond acceptors (Lipinski definition) is 3. The molecular weight excluding hydrogens is 681 g/mol. The van der Waals surface area contributed by atoms with Crippen molar-refractivity contribution in [1.82, 2.24) is 15.0 Å². The molecule has 0 amide bonds. The summed E-state index contributed by atoms with van der Waals surface area (Å²) in [5, 5.41) is 2.42. The van der Waals surface area contributed by atoms with Crippen LogP contribution in [0.2, 0.25) is 0 Å². The van der Waals surface area contributed by atoms with Crippen LogP contribution in [0.4, 0.5) is 17.1 Å². The molecule has 0 atom stereocenters. The molecule has 10 rings (SSSR count). The number of hydrogen-bond donors (Lipinski definition) is 1. The van der Waals surface area contributed by atoms with Crippen molar-refractivity contribution in [3.8, 4) is 44.8 Å². The minimum Gasteiger partial charge on any atom is -0.355 e. The number of aromatic amines is 1. The maximum Gasteiger partial charge on any atom is 0.0973 e. The first-order valence-electron chi connectivity index (χ1n) is 19.2. The van der Waals surface area contributed by atoms with Crippen LogP contribution in [0, 0.1) is 0 Å². The first-order chi connectivity index (χ1) is 27.7. The molecule has 0 aliphatic rings. The zero-order valence-corrected chi connectivity index (χ0v) is 31.0. The summed E-state index contributed by atoms with van der Waals surface area (Å²) in [4.78, 5) is 16.7. The Morgan fingerprint density at radius 2 is 1.00 bits per heavy atom. The van der Waals surface area contributed by atoms with Crippen molar-refractivity contribution in [3.63, 3.8) is 0 Å². The van der Waals surface area contributed by atoms with E-state index in [-0.39, 0.29) is 0 Å². The second kappa shape index (κ2) is 14.2. The van der Waals surface area contributed by atoms with E-state index in [4.69, 9.17) is 9.97 Å². The van der Waals surface area contributed by atoms with Gasteiger partial charge >= 0.3 is 0 Å². The Morgan fingerprint density at radius 3 is 1.75 bits per heavy atom. The molecule has 0 aliphatic carbocycles. The lowest BCUT2D eigenvalue weighted by molar-refractivity contribution is 1.14. The summed E-state index contributed by atoms with van der Waals surface area (Å²) in [6.45, 7) is 2.18. The van der Waals surface area contributed by atoms with Gasteiger partial charge in [0.05, 0.1) is 22.4 Å². The molecule has 0 spiro atoms. The predicted molar refractivity (Wildman–Crippen MR) is 235 cm³/mol. The number of H-pyrrole nitrogens is 1. The summed E-state index contributed by atoms with van der Waals surface area (Å²) in [6, 6.07) is 68.8. The lowest BCUT2D eigenvalue weighted by atomic mass is 9.98. The molecule has 266 valence electrons. The van der Waals surface area contributed by atoms with Crippen LogP contribution in [0.1, 0.15) is 12.5 Å². The molecule has 2 aromatic heterocycles. The van der Waals surface area contributed by atoms with E-state index in [0.717, 1.165) is 79.2 Å². The molecule has 1 N–H and O–H groups in total. The highest BCUT2D eigenvalue weighted by molar-refractivity contribution is 6.08. The Balaban J connectivity index is 1.10. The third-order valence-electron chi connectivity index (χ3n) is 10.8. The predicted octanol–water partition coefficient (Wildman–Crippen LogP) is 14.0. The van der Waals surface area contributed by atoms with Gasteiger partial charge in [0.15, 0.2) is 0 Å². The van der Waals surface area contributed by atoms with Gasteiger partial charge in [0.2, 0.25) is 0 Å². The number of para-hydroxylation sites is 3. The standard InChI is InChI=1S/C52H38N4/c1-2-35-20-22-39(23-21-35)50-51(55-52-44(17-11-19-49(52)54-50)38-26-24-37(25-27-38)36-12-5-3-6-13-36)40-28-30-42(31-29-40)56(41-14-7-4-8-15-41)43-32-33-48-46(34-43)45-16-9-10-18-47(45)53-48/h3-34,53H,2H2,1H3. The largest absolute Gasteiger partial charge is 0.355 e. The third kappa shape index (κ3) is 6.08. The SMILES string of the molecule is CCc1ccc(-c2nc3cccc(-c4ccc(-c5ccccc5)cc4)c3nc2-c2ccc(N(c3ccccc3)c3ccc4[nH]c5ccccc5c4c3)cc2)cc1. The lowest BCUT2D eigenvalue weighted by Gasteiger charge is -2.26.